The monoisotopic (exact) mass is 110 g/mol. The second-order valence-electron chi connectivity index (χ2n) is 1.60. The average Bonchev–Trinajstić information content (AvgIpc) is 1.98. The molecule has 0 saturated carbocycles. The van der Waals surface area contributed by atoms with Crippen molar-refractivity contribution in [2.24, 2.45) is 10.2 Å². The van der Waals surface area contributed by atoms with Gasteiger partial charge in [-0.2, -0.15) is 0 Å². The molecule has 5 heteroatoms. The molecule has 0 aliphatic carbocycles. The van der Waals surface area contributed by atoms with Crippen molar-refractivity contribution in [1.82, 2.24) is 0 Å². The van der Waals surface area contributed by atoms with E-state index in [1.54, 1.807) is 0 Å². The third-order valence-corrected chi connectivity index (χ3v) is 0.988. The Kier molecular flexibility index (Phi) is 0.967. The molecule has 0 fully saturated rings. The summed E-state index contributed by atoms with van der Waals surface area (Å²) >= 11 is 0. The maximum absolute atomic E-state index is 10.3. The molecule has 2 amide bonds. The van der Waals surface area contributed by atoms with Crippen molar-refractivity contribution in [1.29, 1.82) is 0 Å². The van der Waals surface area contributed by atoms with Crippen LogP contribution in [-0.2, 0) is 9.59 Å². The molecule has 1 heterocycles. The molecule has 0 bridgehead atoms. The molecule has 1 aliphatic rings. The van der Waals surface area contributed by atoms with E-state index in [9.17, 15) is 9.59 Å². The zero-order valence-electron chi connectivity index (χ0n) is 4.29. The molecule has 0 spiro atoms. The Bertz CT molecular complexity index is 158. The SMILES string of the molecule is BC1C(=O)N=NC1=O. The van der Waals surface area contributed by atoms with E-state index >= 15 is 0 Å². The summed E-state index contributed by atoms with van der Waals surface area (Å²) in [4.78, 5) is 20.6. The third-order valence-electron chi connectivity index (χ3n) is 0.988. The first-order valence-corrected chi connectivity index (χ1v) is 2.21. The second kappa shape index (κ2) is 1.50. The smallest absolute Gasteiger partial charge is 0.269 e. The van der Waals surface area contributed by atoms with Gasteiger partial charge in [-0.25, -0.2) is 0 Å². The van der Waals surface area contributed by atoms with Crippen LogP contribution in [0.2, 0.25) is 5.82 Å². The van der Waals surface area contributed by atoms with Crippen LogP contribution in [0.1, 0.15) is 0 Å². The highest BCUT2D eigenvalue weighted by atomic mass is 16.2. The molecule has 8 heavy (non-hydrogen) atoms. The van der Waals surface area contributed by atoms with Crippen molar-refractivity contribution < 1.29 is 9.59 Å². The fourth-order valence-electron chi connectivity index (χ4n) is 0.377. The van der Waals surface area contributed by atoms with Crippen molar-refractivity contribution in [3.05, 3.63) is 0 Å². The van der Waals surface area contributed by atoms with Gasteiger partial charge in [0.05, 0.1) is 5.82 Å². The normalized spacial score (nSPS) is 20.5. The number of amides is 2. The molecular weight excluding hydrogens is 107 g/mol. The first-order chi connectivity index (χ1) is 3.72. The van der Waals surface area contributed by atoms with Crippen molar-refractivity contribution in [3.63, 3.8) is 0 Å². The van der Waals surface area contributed by atoms with Gasteiger partial charge in [-0.15, -0.1) is 10.2 Å². The van der Waals surface area contributed by atoms with Crippen LogP contribution in [0.15, 0.2) is 10.2 Å². The summed E-state index contributed by atoms with van der Waals surface area (Å²) in [6.07, 6.45) is 0. The summed E-state index contributed by atoms with van der Waals surface area (Å²) < 4.78 is 0. The Morgan fingerprint density at radius 3 is 1.75 bits per heavy atom. The van der Waals surface area contributed by atoms with Crippen molar-refractivity contribution in [2.45, 2.75) is 5.82 Å². The van der Waals surface area contributed by atoms with E-state index in [2.05, 4.69) is 10.2 Å². The van der Waals surface area contributed by atoms with E-state index in [-0.39, 0.29) is 0 Å². The fourth-order valence-corrected chi connectivity index (χ4v) is 0.377. The van der Waals surface area contributed by atoms with Crippen molar-refractivity contribution in [2.75, 3.05) is 0 Å². The molecule has 40 valence electrons. The number of rotatable bonds is 0. The number of carbonyl (C=O) groups excluding carboxylic acids is 2. The lowest BCUT2D eigenvalue weighted by Crippen LogP contribution is -2.06. The second-order valence-corrected chi connectivity index (χ2v) is 1.60. The van der Waals surface area contributed by atoms with E-state index < -0.39 is 17.6 Å². The number of hydrogen-bond donors (Lipinski definition) is 0. The maximum atomic E-state index is 10.3. The van der Waals surface area contributed by atoms with Gasteiger partial charge in [0, 0.05) is 0 Å². The Morgan fingerprint density at radius 2 is 1.62 bits per heavy atom. The van der Waals surface area contributed by atoms with Gasteiger partial charge in [-0.1, -0.05) is 0 Å². The lowest BCUT2D eigenvalue weighted by molar-refractivity contribution is -0.122. The minimum absolute atomic E-state index is 0.435. The van der Waals surface area contributed by atoms with Crippen molar-refractivity contribution >= 4 is 19.7 Å². The Balaban J connectivity index is 2.84. The summed E-state index contributed by atoms with van der Waals surface area (Å²) in [6, 6.07) is 0. The van der Waals surface area contributed by atoms with Crippen molar-refractivity contribution in [3.8, 4) is 0 Å². The quantitative estimate of drug-likeness (QED) is 0.294. The zero-order valence-corrected chi connectivity index (χ0v) is 4.29. The Morgan fingerprint density at radius 1 is 1.25 bits per heavy atom. The predicted molar refractivity (Wildman–Crippen MR) is 27.2 cm³/mol. The molecule has 0 unspecified atom stereocenters. The zero-order chi connectivity index (χ0) is 6.15. The van der Waals surface area contributed by atoms with Gasteiger partial charge in [0.15, 0.2) is 0 Å². The lowest BCUT2D eigenvalue weighted by atomic mass is 9.87. The van der Waals surface area contributed by atoms with Crippen LogP contribution >= 0.6 is 0 Å². The molecule has 0 aromatic carbocycles. The van der Waals surface area contributed by atoms with Crippen LogP contribution in [0.4, 0.5) is 0 Å². The van der Waals surface area contributed by atoms with E-state index in [0.717, 1.165) is 0 Å². The third kappa shape index (κ3) is 0.557. The van der Waals surface area contributed by atoms with Gasteiger partial charge in [0.1, 0.15) is 7.85 Å². The first-order valence-electron chi connectivity index (χ1n) is 2.21. The standard InChI is InChI=1S/C3H3BN2O2/c4-1-2(7)5-6-3(1)8/h1H,4H2. The summed E-state index contributed by atoms with van der Waals surface area (Å²) in [5.74, 6) is -1.50. The topological polar surface area (TPSA) is 58.9 Å². The van der Waals surface area contributed by atoms with Crippen LogP contribution in [0.25, 0.3) is 0 Å². The molecule has 0 atom stereocenters. The minimum atomic E-state index is -0.630. The lowest BCUT2D eigenvalue weighted by Gasteiger charge is -1.85. The van der Waals surface area contributed by atoms with Crippen LogP contribution in [-0.4, -0.2) is 19.7 Å². The van der Waals surface area contributed by atoms with E-state index in [1.165, 1.54) is 7.85 Å². The van der Waals surface area contributed by atoms with Crippen LogP contribution in [0, 0.1) is 0 Å². The molecule has 0 radical (unpaired) electrons. The number of nitrogens with zero attached hydrogens (tertiary/aromatic N) is 2. The highest BCUT2D eigenvalue weighted by Gasteiger charge is 2.26. The molecule has 1 aliphatic heterocycles. The Labute approximate surface area is 46.4 Å². The average molecular weight is 110 g/mol. The number of azo groups is 1. The molecular formula is C3H3BN2O2. The number of hydrogen-bond acceptors (Lipinski definition) is 2. The summed E-state index contributed by atoms with van der Waals surface area (Å²) in [6.45, 7) is 0. The van der Waals surface area contributed by atoms with Crippen LogP contribution < -0.4 is 0 Å². The molecule has 0 aromatic heterocycles. The van der Waals surface area contributed by atoms with E-state index in [0.29, 0.717) is 0 Å². The Hall–Kier alpha value is -0.995. The molecule has 0 saturated heterocycles. The van der Waals surface area contributed by atoms with Gasteiger partial charge in [0.25, 0.3) is 11.8 Å². The number of carbonyl (C=O) groups is 2. The molecule has 0 N–H and O–H groups in total. The maximum Gasteiger partial charge on any atom is 0.269 e. The largest absolute Gasteiger partial charge is 0.271 e. The predicted octanol–water partition coefficient (Wildman–Crippen LogP) is -1.07. The molecule has 4 nitrogen and oxygen atoms in total. The molecule has 0 aromatic rings. The van der Waals surface area contributed by atoms with E-state index in [4.69, 9.17) is 0 Å². The van der Waals surface area contributed by atoms with Gasteiger partial charge in [-0.3, -0.25) is 9.59 Å². The first kappa shape index (κ1) is 5.15. The van der Waals surface area contributed by atoms with Gasteiger partial charge >= 0.3 is 0 Å². The van der Waals surface area contributed by atoms with Gasteiger partial charge in [-0.05, 0) is 0 Å². The summed E-state index contributed by atoms with van der Waals surface area (Å²) in [7, 11) is 1.49. The molecule has 1 rings (SSSR count). The minimum Gasteiger partial charge on any atom is -0.271 e. The summed E-state index contributed by atoms with van der Waals surface area (Å²) in [5, 5.41) is 6.07. The fraction of sp³-hybridized carbons (Fsp3) is 0.333. The van der Waals surface area contributed by atoms with Gasteiger partial charge < -0.3 is 0 Å². The van der Waals surface area contributed by atoms with Gasteiger partial charge in [0.2, 0.25) is 0 Å². The summed E-state index contributed by atoms with van der Waals surface area (Å²) in [5.41, 5.74) is 0. The van der Waals surface area contributed by atoms with Crippen LogP contribution in [0.3, 0.4) is 0 Å². The van der Waals surface area contributed by atoms with E-state index in [1.807, 2.05) is 0 Å². The highest BCUT2D eigenvalue weighted by molar-refractivity contribution is 6.37. The van der Waals surface area contributed by atoms with Crippen LogP contribution in [0.5, 0.6) is 0 Å². The highest BCUT2D eigenvalue weighted by Crippen LogP contribution is 2.11.